The van der Waals surface area contributed by atoms with Gasteiger partial charge in [0.25, 0.3) is 0 Å². The van der Waals surface area contributed by atoms with Crippen molar-refractivity contribution in [3.8, 4) is 0 Å². The van der Waals surface area contributed by atoms with Crippen LogP contribution in [0, 0.1) is 5.92 Å². The Morgan fingerprint density at radius 3 is 2.75 bits per heavy atom. The Labute approximate surface area is 74.3 Å². The Bertz CT molecular complexity index is 154. The zero-order valence-electron chi connectivity index (χ0n) is 8.01. The zero-order valence-corrected chi connectivity index (χ0v) is 8.01. The number of carbonyl (C=O) groups excluding carboxylic acids is 1. The van der Waals surface area contributed by atoms with Crippen LogP contribution in [0.5, 0.6) is 0 Å². The molecular formula is C10H18O2. The van der Waals surface area contributed by atoms with Gasteiger partial charge >= 0.3 is 0 Å². The highest BCUT2D eigenvalue weighted by Crippen LogP contribution is 2.30. The van der Waals surface area contributed by atoms with Gasteiger partial charge in [-0.3, -0.25) is 4.79 Å². The lowest BCUT2D eigenvalue weighted by Crippen LogP contribution is -2.43. The molecule has 1 fully saturated rings. The molecule has 2 heteroatoms. The molecule has 12 heavy (non-hydrogen) atoms. The van der Waals surface area contributed by atoms with Crippen molar-refractivity contribution in [2.45, 2.75) is 45.6 Å². The molecule has 0 N–H and O–H groups in total. The number of hydrogen-bond donors (Lipinski definition) is 0. The Kier molecular flexibility index (Phi) is 3.73. The summed E-state index contributed by atoms with van der Waals surface area (Å²) >= 11 is 0. The van der Waals surface area contributed by atoms with Crippen molar-refractivity contribution in [2.75, 3.05) is 6.61 Å². The van der Waals surface area contributed by atoms with E-state index in [9.17, 15) is 4.79 Å². The smallest absolute Gasteiger partial charge is 0.141 e. The minimum Gasteiger partial charge on any atom is -0.377 e. The molecule has 0 aromatic rings. The fourth-order valence-corrected chi connectivity index (χ4v) is 1.70. The standard InChI is InChI=1S/C10H18O2/c1-3-5-6-8-9(11)7-10(8)12-4-2/h8,10H,3-7H2,1-2H3/t8-,10-/m0/s1. The van der Waals surface area contributed by atoms with Gasteiger partial charge in [0.2, 0.25) is 0 Å². The molecule has 0 aliphatic heterocycles. The summed E-state index contributed by atoms with van der Waals surface area (Å²) < 4.78 is 5.44. The Balaban J connectivity index is 2.24. The highest BCUT2D eigenvalue weighted by Gasteiger charge is 2.39. The van der Waals surface area contributed by atoms with Gasteiger partial charge in [0.05, 0.1) is 6.10 Å². The average molecular weight is 170 g/mol. The summed E-state index contributed by atoms with van der Waals surface area (Å²) in [7, 11) is 0. The van der Waals surface area contributed by atoms with Crippen LogP contribution in [-0.2, 0) is 9.53 Å². The van der Waals surface area contributed by atoms with Gasteiger partial charge in [-0.25, -0.2) is 0 Å². The quantitative estimate of drug-likeness (QED) is 0.632. The van der Waals surface area contributed by atoms with Gasteiger partial charge < -0.3 is 4.74 Å². The molecule has 1 saturated carbocycles. The van der Waals surface area contributed by atoms with E-state index in [-0.39, 0.29) is 12.0 Å². The third-order valence-electron chi connectivity index (χ3n) is 2.51. The Hall–Kier alpha value is -0.370. The van der Waals surface area contributed by atoms with Crippen LogP contribution < -0.4 is 0 Å². The van der Waals surface area contributed by atoms with Gasteiger partial charge in [0, 0.05) is 18.9 Å². The normalized spacial score (nSPS) is 28.7. The van der Waals surface area contributed by atoms with Crippen molar-refractivity contribution >= 4 is 5.78 Å². The number of hydrogen-bond acceptors (Lipinski definition) is 2. The average Bonchev–Trinajstić information content (AvgIpc) is 2.05. The van der Waals surface area contributed by atoms with E-state index in [2.05, 4.69) is 6.92 Å². The molecule has 0 aromatic heterocycles. The molecule has 1 aliphatic rings. The van der Waals surface area contributed by atoms with Crippen LogP contribution in [0.25, 0.3) is 0 Å². The second-order valence-electron chi connectivity index (χ2n) is 3.41. The molecule has 0 saturated heterocycles. The van der Waals surface area contributed by atoms with Gasteiger partial charge in [-0.15, -0.1) is 0 Å². The molecule has 1 aliphatic carbocycles. The third kappa shape index (κ3) is 2.07. The number of ether oxygens (including phenoxy) is 1. The van der Waals surface area contributed by atoms with Crippen LogP contribution in [-0.4, -0.2) is 18.5 Å². The highest BCUT2D eigenvalue weighted by atomic mass is 16.5. The second kappa shape index (κ2) is 4.61. The lowest BCUT2D eigenvalue weighted by atomic mass is 9.77. The number of unbranched alkanes of at least 4 members (excludes halogenated alkanes) is 1. The van der Waals surface area contributed by atoms with E-state index >= 15 is 0 Å². The molecule has 2 atom stereocenters. The molecule has 1 rings (SSSR count). The van der Waals surface area contributed by atoms with Gasteiger partial charge in [-0.05, 0) is 13.3 Å². The summed E-state index contributed by atoms with van der Waals surface area (Å²) in [6, 6.07) is 0. The third-order valence-corrected chi connectivity index (χ3v) is 2.51. The predicted octanol–water partition coefficient (Wildman–Crippen LogP) is 2.17. The molecule has 0 aromatic carbocycles. The molecule has 70 valence electrons. The van der Waals surface area contributed by atoms with E-state index in [0.717, 1.165) is 19.4 Å². The van der Waals surface area contributed by atoms with Crippen molar-refractivity contribution in [1.29, 1.82) is 0 Å². The molecule has 2 nitrogen and oxygen atoms in total. The molecular weight excluding hydrogens is 152 g/mol. The van der Waals surface area contributed by atoms with Crippen molar-refractivity contribution in [2.24, 2.45) is 5.92 Å². The predicted molar refractivity (Wildman–Crippen MR) is 48.1 cm³/mol. The lowest BCUT2D eigenvalue weighted by molar-refractivity contribution is -0.145. The summed E-state index contributed by atoms with van der Waals surface area (Å²) in [5.74, 6) is 0.631. The Morgan fingerprint density at radius 1 is 1.50 bits per heavy atom. The minimum atomic E-state index is 0.227. The van der Waals surface area contributed by atoms with Crippen molar-refractivity contribution in [1.82, 2.24) is 0 Å². The summed E-state index contributed by atoms with van der Waals surface area (Å²) in [4.78, 5) is 11.1. The summed E-state index contributed by atoms with van der Waals surface area (Å²) in [5, 5.41) is 0. The maximum absolute atomic E-state index is 11.1. The number of carbonyl (C=O) groups is 1. The van der Waals surface area contributed by atoms with Crippen LogP contribution >= 0.6 is 0 Å². The van der Waals surface area contributed by atoms with Gasteiger partial charge in [-0.1, -0.05) is 19.8 Å². The fourth-order valence-electron chi connectivity index (χ4n) is 1.70. The van der Waals surface area contributed by atoms with E-state index in [0.29, 0.717) is 12.2 Å². The largest absolute Gasteiger partial charge is 0.377 e. The second-order valence-corrected chi connectivity index (χ2v) is 3.41. The van der Waals surface area contributed by atoms with Crippen molar-refractivity contribution in [3.05, 3.63) is 0 Å². The first-order valence-corrected chi connectivity index (χ1v) is 4.93. The summed E-state index contributed by atoms with van der Waals surface area (Å²) in [6.45, 7) is 4.87. The van der Waals surface area contributed by atoms with E-state index in [1.807, 2.05) is 6.92 Å². The maximum Gasteiger partial charge on any atom is 0.141 e. The fraction of sp³-hybridized carbons (Fsp3) is 0.900. The molecule has 0 radical (unpaired) electrons. The molecule has 0 amide bonds. The SMILES string of the molecule is CCCC[C@H]1C(=O)C[C@@H]1OCC. The van der Waals surface area contributed by atoms with E-state index in [1.165, 1.54) is 6.42 Å². The minimum absolute atomic E-state index is 0.227. The molecule has 0 unspecified atom stereocenters. The lowest BCUT2D eigenvalue weighted by Gasteiger charge is -2.34. The van der Waals surface area contributed by atoms with Crippen LogP contribution in [0.3, 0.4) is 0 Å². The first-order chi connectivity index (χ1) is 5.79. The summed E-state index contributed by atoms with van der Waals surface area (Å²) in [6.07, 6.45) is 4.25. The zero-order chi connectivity index (χ0) is 8.97. The topological polar surface area (TPSA) is 26.3 Å². The van der Waals surface area contributed by atoms with E-state index in [1.54, 1.807) is 0 Å². The number of rotatable bonds is 5. The van der Waals surface area contributed by atoms with E-state index < -0.39 is 0 Å². The first-order valence-electron chi connectivity index (χ1n) is 4.93. The summed E-state index contributed by atoms with van der Waals surface area (Å²) in [5.41, 5.74) is 0. The maximum atomic E-state index is 11.1. The van der Waals surface area contributed by atoms with Crippen LogP contribution in [0.15, 0.2) is 0 Å². The van der Waals surface area contributed by atoms with Crippen LogP contribution in [0.1, 0.15) is 39.5 Å². The number of ketones is 1. The number of Topliss-reactive ketones (excluding diaryl/α,β-unsaturated/α-hetero) is 1. The van der Waals surface area contributed by atoms with Gasteiger partial charge in [0.1, 0.15) is 5.78 Å². The van der Waals surface area contributed by atoms with Crippen LogP contribution in [0.2, 0.25) is 0 Å². The molecule has 0 spiro atoms. The Morgan fingerprint density at radius 2 is 2.25 bits per heavy atom. The van der Waals surface area contributed by atoms with Gasteiger partial charge in [0.15, 0.2) is 0 Å². The van der Waals surface area contributed by atoms with Crippen molar-refractivity contribution in [3.63, 3.8) is 0 Å². The molecule has 0 bridgehead atoms. The van der Waals surface area contributed by atoms with Crippen LogP contribution in [0.4, 0.5) is 0 Å². The first kappa shape index (κ1) is 9.72. The van der Waals surface area contributed by atoms with E-state index in [4.69, 9.17) is 4.74 Å². The highest BCUT2D eigenvalue weighted by molar-refractivity contribution is 5.88. The van der Waals surface area contributed by atoms with Crippen molar-refractivity contribution < 1.29 is 9.53 Å². The van der Waals surface area contributed by atoms with Gasteiger partial charge in [-0.2, -0.15) is 0 Å². The molecule has 0 heterocycles. The monoisotopic (exact) mass is 170 g/mol.